The lowest BCUT2D eigenvalue weighted by atomic mass is 10.1. The predicted molar refractivity (Wildman–Crippen MR) is 127 cm³/mol. The summed E-state index contributed by atoms with van der Waals surface area (Å²) in [5, 5.41) is -0.286. The molecule has 162 valence electrons. The minimum atomic E-state index is -0.311. The van der Waals surface area contributed by atoms with Gasteiger partial charge in [-0.15, -0.1) is 0 Å². The fraction of sp³-hybridized carbons (Fsp3) is 0.125. The summed E-state index contributed by atoms with van der Waals surface area (Å²) in [6.07, 6.45) is 3.39. The number of nitrogens with zero attached hydrogens (tertiary/aromatic N) is 2. The van der Waals surface area contributed by atoms with Crippen molar-refractivity contribution in [2.75, 3.05) is 7.11 Å². The molecule has 2 amide bonds. The average Bonchev–Trinajstić information content (AvgIpc) is 3.06. The smallest absolute Gasteiger partial charge is 0.293 e. The summed E-state index contributed by atoms with van der Waals surface area (Å²) < 4.78 is 12.1. The maximum Gasteiger partial charge on any atom is 0.293 e. The van der Waals surface area contributed by atoms with Gasteiger partial charge in [-0.3, -0.25) is 19.5 Å². The van der Waals surface area contributed by atoms with E-state index in [9.17, 15) is 9.59 Å². The number of aromatic nitrogens is 1. The van der Waals surface area contributed by atoms with Gasteiger partial charge >= 0.3 is 0 Å². The van der Waals surface area contributed by atoms with E-state index in [1.165, 1.54) is 4.90 Å². The molecule has 1 fully saturated rings. The summed E-state index contributed by atoms with van der Waals surface area (Å²) >= 11 is 4.45. The predicted octanol–water partition coefficient (Wildman–Crippen LogP) is 5.67. The first-order chi connectivity index (χ1) is 15.5. The van der Waals surface area contributed by atoms with Gasteiger partial charge in [0.2, 0.25) is 0 Å². The van der Waals surface area contributed by atoms with Gasteiger partial charge in [0.05, 0.1) is 28.7 Å². The molecule has 0 N–H and O–H groups in total. The van der Waals surface area contributed by atoms with Gasteiger partial charge in [0, 0.05) is 6.20 Å². The monoisotopic (exact) mass is 510 g/mol. The summed E-state index contributed by atoms with van der Waals surface area (Å²) in [6, 6.07) is 18.6. The van der Waals surface area contributed by atoms with Crippen LogP contribution in [-0.4, -0.2) is 28.1 Å². The lowest BCUT2D eigenvalue weighted by Crippen LogP contribution is -2.27. The van der Waals surface area contributed by atoms with Crippen molar-refractivity contribution in [1.29, 1.82) is 0 Å². The van der Waals surface area contributed by atoms with E-state index >= 15 is 0 Å². The maximum atomic E-state index is 12.8. The lowest BCUT2D eigenvalue weighted by molar-refractivity contribution is -0.123. The Kier molecular flexibility index (Phi) is 6.92. The van der Waals surface area contributed by atoms with E-state index in [0.29, 0.717) is 26.4 Å². The summed E-state index contributed by atoms with van der Waals surface area (Å²) in [4.78, 5) is 31.1. The Balaban J connectivity index is 1.54. The van der Waals surface area contributed by atoms with Crippen molar-refractivity contribution in [1.82, 2.24) is 9.88 Å². The standard InChI is InChI=1S/C24H19BrN2O4S/c1-30-20-12-17(11-19(25)22(20)31-15-18-9-5-6-10-26-18)13-21-23(28)27(24(29)32-21)14-16-7-3-2-4-8-16/h2-13H,14-15H2,1H3/b21-13+. The Bertz CT molecular complexity index is 1170. The number of carbonyl (C=O) groups is 2. The van der Waals surface area contributed by atoms with Crippen LogP contribution in [0.2, 0.25) is 0 Å². The van der Waals surface area contributed by atoms with Gasteiger partial charge in [-0.1, -0.05) is 36.4 Å². The molecule has 2 heterocycles. The van der Waals surface area contributed by atoms with Gasteiger partial charge in [0.15, 0.2) is 11.5 Å². The fourth-order valence-corrected chi connectivity index (χ4v) is 4.56. The van der Waals surface area contributed by atoms with Crippen LogP contribution in [0.3, 0.4) is 0 Å². The van der Waals surface area contributed by atoms with E-state index in [4.69, 9.17) is 9.47 Å². The molecule has 3 aromatic rings. The molecule has 6 nitrogen and oxygen atoms in total. The van der Waals surface area contributed by atoms with Gasteiger partial charge in [0.1, 0.15) is 6.61 Å². The van der Waals surface area contributed by atoms with Gasteiger partial charge in [-0.2, -0.15) is 0 Å². The van der Waals surface area contributed by atoms with E-state index < -0.39 is 0 Å². The molecule has 1 aliphatic heterocycles. The van der Waals surface area contributed by atoms with E-state index in [-0.39, 0.29) is 24.3 Å². The zero-order valence-electron chi connectivity index (χ0n) is 17.2. The second-order valence-electron chi connectivity index (χ2n) is 6.90. The third kappa shape index (κ3) is 5.03. The van der Waals surface area contributed by atoms with E-state index in [2.05, 4.69) is 20.9 Å². The van der Waals surface area contributed by atoms with Crippen LogP contribution in [0.5, 0.6) is 11.5 Å². The molecule has 0 atom stereocenters. The Labute approximate surface area is 198 Å². The van der Waals surface area contributed by atoms with Crippen LogP contribution < -0.4 is 9.47 Å². The van der Waals surface area contributed by atoms with E-state index in [1.807, 2.05) is 54.6 Å². The van der Waals surface area contributed by atoms with Crippen LogP contribution in [0, 0.1) is 0 Å². The van der Waals surface area contributed by atoms with Crippen molar-refractivity contribution in [2.45, 2.75) is 13.2 Å². The third-order valence-corrected chi connectivity index (χ3v) is 6.19. The summed E-state index contributed by atoms with van der Waals surface area (Å²) in [6.45, 7) is 0.531. The number of ether oxygens (including phenoxy) is 2. The zero-order valence-corrected chi connectivity index (χ0v) is 19.6. The minimum Gasteiger partial charge on any atom is -0.493 e. The Morgan fingerprint density at radius 1 is 1.09 bits per heavy atom. The minimum absolute atomic E-state index is 0.246. The van der Waals surface area contributed by atoms with Crippen molar-refractivity contribution in [2.24, 2.45) is 0 Å². The van der Waals surface area contributed by atoms with E-state index in [1.54, 1.807) is 25.4 Å². The normalized spacial score (nSPS) is 14.8. The Morgan fingerprint density at radius 2 is 1.88 bits per heavy atom. The molecule has 0 saturated carbocycles. The van der Waals surface area contributed by atoms with Gasteiger partial charge in [-0.05, 0) is 69.2 Å². The van der Waals surface area contributed by atoms with Gasteiger partial charge < -0.3 is 9.47 Å². The fourth-order valence-electron chi connectivity index (χ4n) is 3.15. The van der Waals surface area contributed by atoms with Crippen molar-refractivity contribution >= 4 is 44.9 Å². The SMILES string of the molecule is COc1cc(/C=C2/SC(=O)N(Cc3ccccc3)C2=O)cc(Br)c1OCc1ccccn1. The second-order valence-corrected chi connectivity index (χ2v) is 8.74. The highest BCUT2D eigenvalue weighted by Gasteiger charge is 2.35. The largest absolute Gasteiger partial charge is 0.493 e. The first-order valence-corrected chi connectivity index (χ1v) is 11.4. The number of hydrogen-bond acceptors (Lipinski definition) is 6. The van der Waals surface area contributed by atoms with Crippen molar-refractivity contribution < 1.29 is 19.1 Å². The van der Waals surface area contributed by atoms with Crippen LogP contribution in [0.25, 0.3) is 6.08 Å². The molecule has 1 saturated heterocycles. The molecule has 0 aliphatic carbocycles. The van der Waals surface area contributed by atoms with E-state index in [0.717, 1.165) is 23.0 Å². The number of imide groups is 1. The van der Waals surface area contributed by atoms with Gasteiger partial charge in [0.25, 0.3) is 11.1 Å². The number of carbonyl (C=O) groups excluding carboxylic acids is 2. The summed E-state index contributed by atoms with van der Waals surface area (Å²) in [7, 11) is 1.55. The number of rotatable bonds is 7. The second kappa shape index (κ2) is 10.0. The molecule has 0 spiro atoms. The average molecular weight is 511 g/mol. The topological polar surface area (TPSA) is 68.7 Å². The maximum absolute atomic E-state index is 12.8. The number of pyridine rings is 1. The van der Waals surface area contributed by atoms with Crippen molar-refractivity contribution in [3.63, 3.8) is 0 Å². The highest BCUT2D eigenvalue weighted by atomic mass is 79.9. The summed E-state index contributed by atoms with van der Waals surface area (Å²) in [5.74, 6) is 0.729. The number of halogens is 1. The number of thioether (sulfide) groups is 1. The highest BCUT2D eigenvalue weighted by Crippen LogP contribution is 2.39. The highest BCUT2D eigenvalue weighted by molar-refractivity contribution is 9.10. The molecule has 1 aromatic heterocycles. The molecular weight excluding hydrogens is 492 g/mol. The molecular formula is C24H19BrN2O4S. The van der Waals surface area contributed by atoms with Crippen molar-refractivity contribution in [3.05, 3.63) is 93.1 Å². The molecule has 2 aromatic carbocycles. The molecule has 0 bridgehead atoms. The van der Waals surface area contributed by atoms with Crippen LogP contribution >= 0.6 is 27.7 Å². The number of benzene rings is 2. The molecule has 8 heteroatoms. The number of methoxy groups -OCH3 is 1. The van der Waals surface area contributed by atoms with Crippen LogP contribution in [0.4, 0.5) is 4.79 Å². The number of amides is 2. The molecule has 1 aliphatic rings. The Hall–Kier alpha value is -3.10. The molecule has 32 heavy (non-hydrogen) atoms. The van der Waals surface area contributed by atoms with Crippen LogP contribution in [-0.2, 0) is 17.9 Å². The zero-order chi connectivity index (χ0) is 22.5. The first-order valence-electron chi connectivity index (χ1n) is 9.74. The first kappa shape index (κ1) is 22.1. The van der Waals surface area contributed by atoms with Gasteiger partial charge in [-0.25, -0.2) is 0 Å². The molecule has 4 rings (SSSR count). The Morgan fingerprint density at radius 3 is 2.59 bits per heavy atom. The van der Waals surface area contributed by atoms with Crippen LogP contribution in [0.15, 0.2) is 76.2 Å². The van der Waals surface area contributed by atoms with Crippen LogP contribution in [0.1, 0.15) is 16.8 Å². The van der Waals surface area contributed by atoms with Crippen molar-refractivity contribution in [3.8, 4) is 11.5 Å². The number of hydrogen-bond donors (Lipinski definition) is 0. The third-order valence-electron chi connectivity index (χ3n) is 4.70. The quantitative estimate of drug-likeness (QED) is 0.381. The summed E-state index contributed by atoms with van der Waals surface area (Å²) in [5.41, 5.74) is 2.40. The molecule has 0 radical (unpaired) electrons. The lowest BCUT2D eigenvalue weighted by Gasteiger charge is -2.14. The molecule has 0 unspecified atom stereocenters.